The van der Waals surface area contributed by atoms with Crippen LogP contribution in [0.3, 0.4) is 0 Å². The lowest BCUT2D eigenvalue weighted by molar-refractivity contribution is -0.125. The van der Waals surface area contributed by atoms with Gasteiger partial charge in [-0.1, -0.05) is 6.92 Å². The first-order chi connectivity index (χ1) is 13.6. The van der Waals surface area contributed by atoms with E-state index in [4.69, 9.17) is 18.9 Å². The molecular formula is C23H32O5. The number of carbonyl (C=O) groups is 1. The number of fused-ring (bicyclic) bond motifs is 5. The van der Waals surface area contributed by atoms with Gasteiger partial charge in [-0.25, -0.2) is 0 Å². The highest BCUT2D eigenvalue weighted by Gasteiger charge is 2.55. The normalized spacial score (nSPS) is 33.7. The van der Waals surface area contributed by atoms with E-state index in [-0.39, 0.29) is 12.2 Å². The zero-order chi connectivity index (χ0) is 19.7. The second-order valence-electron chi connectivity index (χ2n) is 8.86. The van der Waals surface area contributed by atoms with Gasteiger partial charge in [-0.2, -0.15) is 0 Å². The second-order valence-corrected chi connectivity index (χ2v) is 8.86. The predicted octanol–water partition coefficient (Wildman–Crippen LogP) is 4.33. The van der Waals surface area contributed by atoms with Gasteiger partial charge in [-0.3, -0.25) is 4.79 Å². The van der Waals surface area contributed by atoms with Crippen molar-refractivity contribution in [2.45, 2.75) is 57.5 Å². The van der Waals surface area contributed by atoms with E-state index in [1.54, 1.807) is 14.2 Å². The lowest BCUT2D eigenvalue weighted by Gasteiger charge is -2.50. The van der Waals surface area contributed by atoms with Crippen LogP contribution in [0.5, 0.6) is 5.75 Å². The van der Waals surface area contributed by atoms with E-state index in [0.717, 1.165) is 25.5 Å². The second kappa shape index (κ2) is 8.13. The molecule has 2 saturated carbocycles. The number of ether oxygens (including phenoxy) is 4. The number of aldehydes is 1. The third-order valence-electron chi connectivity index (χ3n) is 7.61. The summed E-state index contributed by atoms with van der Waals surface area (Å²) in [7, 11) is 3.28. The van der Waals surface area contributed by atoms with Crippen molar-refractivity contribution in [3.8, 4) is 5.75 Å². The Labute approximate surface area is 167 Å². The van der Waals surface area contributed by atoms with E-state index in [2.05, 4.69) is 19.1 Å². The van der Waals surface area contributed by atoms with Crippen molar-refractivity contribution in [3.63, 3.8) is 0 Å². The molecule has 0 radical (unpaired) electrons. The van der Waals surface area contributed by atoms with Gasteiger partial charge >= 0.3 is 0 Å². The lowest BCUT2D eigenvalue weighted by atomic mass is 9.55. The zero-order valence-corrected chi connectivity index (χ0v) is 17.2. The molecule has 0 spiro atoms. The molecule has 28 heavy (non-hydrogen) atoms. The third-order valence-corrected chi connectivity index (χ3v) is 7.61. The van der Waals surface area contributed by atoms with Crippen molar-refractivity contribution >= 4 is 6.29 Å². The van der Waals surface area contributed by atoms with Crippen LogP contribution in [-0.2, 0) is 20.6 Å². The van der Waals surface area contributed by atoms with Crippen molar-refractivity contribution in [3.05, 3.63) is 28.8 Å². The Balaban J connectivity index is 1.60. The highest BCUT2D eigenvalue weighted by atomic mass is 16.7. The van der Waals surface area contributed by atoms with Crippen LogP contribution in [0.15, 0.2) is 12.1 Å². The first-order valence-corrected chi connectivity index (χ1v) is 10.5. The number of hydrogen-bond donors (Lipinski definition) is 0. The van der Waals surface area contributed by atoms with Crippen LogP contribution in [0, 0.1) is 17.3 Å². The van der Waals surface area contributed by atoms with Crippen molar-refractivity contribution in [2.75, 3.05) is 27.8 Å². The maximum atomic E-state index is 11.7. The Kier molecular flexibility index (Phi) is 5.77. The minimum absolute atomic E-state index is 0.162. The molecule has 1 aromatic rings. The summed E-state index contributed by atoms with van der Waals surface area (Å²) in [6.45, 7) is 2.97. The molecule has 1 aromatic carbocycles. The third kappa shape index (κ3) is 3.27. The van der Waals surface area contributed by atoms with Gasteiger partial charge in [0.15, 0.2) is 13.1 Å². The lowest BCUT2D eigenvalue weighted by Crippen LogP contribution is -2.44. The van der Waals surface area contributed by atoms with Gasteiger partial charge < -0.3 is 18.9 Å². The molecule has 0 amide bonds. The van der Waals surface area contributed by atoms with Crippen molar-refractivity contribution in [1.29, 1.82) is 0 Å². The van der Waals surface area contributed by atoms with E-state index in [0.29, 0.717) is 42.0 Å². The fourth-order valence-electron chi connectivity index (χ4n) is 6.33. The van der Waals surface area contributed by atoms with Gasteiger partial charge in [0.25, 0.3) is 0 Å². The largest absolute Gasteiger partial charge is 0.467 e. The van der Waals surface area contributed by atoms with Crippen LogP contribution < -0.4 is 4.74 Å². The summed E-state index contributed by atoms with van der Waals surface area (Å²) in [6, 6.07) is 4.15. The summed E-state index contributed by atoms with van der Waals surface area (Å²) >= 11 is 0. The number of aryl methyl sites for hydroxylation is 1. The topological polar surface area (TPSA) is 54.0 Å². The molecule has 3 aliphatic carbocycles. The molecule has 0 aromatic heterocycles. The smallest absolute Gasteiger partial charge is 0.188 e. The Hall–Kier alpha value is -1.43. The van der Waals surface area contributed by atoms with Crippen LogP contribution in [0.25, 0.3) is 0 Å². The summed E-state index contributed by atoms with van der Waals surface area (Å²) in [5.74, 6) is 2.54. The fourth-order valence-corrected chi connectivity index (χ4v) is 6.33. The average Bonchev–Trinajstić information content (AvgIpc) is 3.05. The van der Waals surface area contributed by atoms with Gasteiger partial charge in [0.2, 0.25) is 0 Å². The highest BCUT2D eigenvalue weighted by molar-refractivity contribution is 5.80. The summed E-state index contributed by atoms with van der Waals surface area (Å²) in [5.41, 5.74) is 3.59. The summed E-state index contributed by atoms with van der Waals surface area (Å²) in [4.78, 5) is 11.7. The first kappa shape index (κ1) is 19.9. The van der Waals surface area contributed by atoms with Crippen molar-refractivity contribution < 1.29 is 23.7 Å². The van der Waals surface area contributed by atoms with Gasteiger partial charge in [0, 0.05) is 14.2 Å². The SMILES string of the molecule is COCOc1cc2c(cc1C=O)[C@@H]1CC[C@]3(C)[C@H](CC[C@H]3OCOC)[C@H]1CC2. The first-order valence-electron chi connectivity index (χ1n) is 10.5. The molecule has 0 saturated heterocycles. The van der Waals surface area contributed by atoms with Crippen LogP contribution in [0.2, 0.25) is 0 Å². The number of benzene rings is 1. The molecule has 0 heterocycles. The minimum Gasteiger partial charge on any atom is -0.467 e. The molecule has 0 N–H and O–H groups in total. The number of hydrogen-bond acceptors (Lipinski definition) is 5. The molecule has 2 fully saturated rings. The molecule has 4 rings (SSSR count). The van der Waals surface area contributed by atoms with E-state index in [1.807, 2.05) is 0 Å². The molecule has 0 aliphatic heterocycles. The summed E-state index contributed by atoms with van der Waals surface area (Å²) in [6.07, 6.45) is 8.16. The quantitative estimate of drug-likeness (QED) is 0.514. The van der Waals surface area contributed by atoms with E-state index < -0.39 is 0 Å². The maximum Gasteiger partial charge on any atom is 0.188 e. The fraction of sp³-hybridized carbons (Fsp3) is 0.696. The average molecular weight is 389 g/mol. The van der Waals surface area contributed by atoms with Crippen LogP contribution in [0.4, 0.5) is 0 Å². The maximum absolute atomic E-state index is 11.7. The monoisotopic (exact) mass is 388 g/mol. The summed E-state index contributed by atoms with van der Waals surface area (Å²) < 4.78 is 21.9. The number of rotatable bonds is 7. The number of carbonyl (C=O) groups excluding carboxylic acids is 1. The highest BCUT2D eigenvalue weighted by Crippen LogP contribution is 2.61. The van der Waals surface area contributed by atoms with Gasteiger partial charge in [-0.05, 0) is 85.0 Å². The predicted molar refractivity (Wildman–Crippen MR) is 106 cm³/mol. The van der Waals surface area contributed by atoms with Gasteiger partial charge in [0.05, 0.1) is 11.7 Å². The summed E-state index contributed by atoms with van der Waals surface area (Å²) in [5, 5.41) is 0. The Bertz CT molecular complexity index is 717. The van der Waals surface area contributed by atoms with Crippen LogP contribution in [-0.4, -0.2) is 40.2 Å². The molecule has 154 valence electrons. The molecule has 5 atom stereocenters. The molecule has 0 bridgehead atoms. The van der Waals surface area contributed by atoms with Gasteiger partial charge in [0.1, 0.15) is 12.5 Å². The Morgan fingerprint density at radius 1 is 1.11 bits per heavy atom. The van der Waals surface area contributed by atoms with E-state index >= 15 is 0 Å². The van der Waals surface area contributed by atoms with Crippen molar-refractivity contribution in [1.82, 2.24) is 0 Å². The molecule has 0 unspecified atom stereocenters. The van der Waals surface area contributed by atoms with E-state index in [1.165, 1.54) is 30.4 Å². The van der Waals surface area contributed by atoms with Gasteiger partial charge in [-0.15, -0.1) is 0 Å². The molecular weight excluding hydrogens is 356 g/mol. The minimum atomic E-state index is 0.162. The standard InChI is InChI=1S/C23H32O5/c1-23-9-8-17-18(20(23)6-7-22(23)28-14-26-3)5-4-15-11-21(27-13-25-2)16(12-24)10-19(15)17/h10-12,17-18,20,22H,4-9,13-14H2,1-3H3/t17-,18+,20-,22-,23-/m1/s1. The van der Waals surface area contributed by atoms with E-state index in [9.17, 15) is 4.79 Å². The molecule has 5 nitrogen and oxygen atoms in total. The Morgan fingerprint density at radius 2 is 1.93 bits per heavy atom. The molecule has 3 aliphatic rings. The Morgan fingerprint density at radius 3 is 2.68 bits per heavy atom. The number of methoxy groups -OCH3 is 2. The van der Waals surface area contributed by atoms with Crippen LogP contribution >= 0.6 is 0 Å². The van der Waals surface area contributed by atoms with Crippen LogP contribution in [0.1, 0.15) is 66.4 Å². The zero-order valence-electron chi connectivity index (χ0n) is 17.2. The molecule has 5 heteroatoms. The van der Waals surface area contributed by atoms with Crippen molar-refractivity contribution in [2.24, 2.45) is 17.3 Å².